The average molecular weight is 292 g/mol. The lowest BCUT2D eigenvalue weighted by atomic mass is 10.1. The normalized spacial score (nSPS) is 10.3. The molecule has 0 atom stereocenters. The van der Waals surface area contributed by atoms with E-state index in [0.29, 0.717) is 22.7 Å². The Hall–Kier alpha value is -1.87. The van der Waals surface area contributed by atoms with Crippen molar-refractivity contribution < 1.29 is 9.18 Å². The topological polar surface area (TPSA) is 29.1 Å². The van der Waals surface area contributed by atoms with Crippen LogP contribution in [0.2, 0.25) is 5.02 Å². The second-order valence-electron chi connectivity index (χ2n) is 4.60. The summed E-state index contributed by atoms with van der Waals surface area (Å²) in [5, 5.41) is 3.36. The van der Waals surface area contributed by atoms with Crippen LogP contribution in [0, 0.1) is 12.7 Å². The zero-order chi connectivity index (χ0) is 14.5. The van der Waals surface area contributed by atoms with Gasteiger partial charge in [-0.1, -0.05) is 35.9 Å². The van der Waals surface area contributed by atoms with Crippen LogP contribution in [0.15, 0.2) is 42.5 Å². The molecule has 0 aliphatic heterocycles. The molecule has 4 heteroatoms. The first-order chi connectivity index (χ1) is 9.56. The molecule has 0 aliphatic rings. The zero-order valence-corrected chi connectivity index (χ0v) is 11.9. The molecule has 104 valence electrons. The third kappa shape index (κ3) is 3.81. The van der Waals surface area contributed by atoms with Crippen LogP contribution in [0.3, 0.4) is 0 Å². The summed E-state index contributed by atoms with van der Waals surface area (Å²) in [6, 6.07) is 11.8. The predicted octanol–water partition coefficient (Wildman–Crippen LogP) is 4.36. The van der Waals surface area contributed by atoms with Crippen molar-refractivity contribution in [2.75, 3.05) is 5.32 Å². The van der Waals surface area contributed by atoms with Gasteiger partial charge in [-0.15, -0.1) is 0 Å². The molecular formula is C16H15ClFNO. The third-order valence-corrected chi connectivity index (χ3v) is 3.44. The minimum Gasteiger partial charge on any atom is -0.326 e. The minimum atomic E-state index is -0.279. The monoisotopic (exact) mass is 291 g/mol. The number of hydrogen-bond acceptors (Lipinski definition) is 1. The summed E-state index contributed by atoms with van der Waals surface area (Å²) in [7, 11) is 0. The van der Waals surface area contributed by atoms with Crippen LogP contribution in [0.25, 0.3) is 0 Å². The lowest BCUT2D eigenvalue weighted by Gasteiger charge is -2.07. The quantitative estimate of drug-likeness (QED) is 0.891. The number of rotatable bonds is 4. The lowest BCUT2D eigenvalue weighted by molar-refractivity contribution is -0.116. The number of benzene rings is 2. The summed E-state index contributed by atoms with van der Waals surface area (Å²) in [4.78, 5) is 11.8. The Labute approximate surface area is 122 Å². The Bertz CT molecular complexity index is 628. The summed E-state index contributed by atoms with van der Waals surface area (Å²) >= 11 is 5.99. The second kappa shape index (κ2) is 6.53. The number of amides is 1. The molecule has 2 nitrogen and oxygen atoms in total. The molecule has 0 saturated heterocycles. The van der Waals surface area contributed by atoms with Crippen LogP contribution in [0.1, 0.15) is 17.5 Å². The Kier molecular flexibility index (Phi) is 4.74. The van der Waals surface area contributed by atoms with E-state index in [4.69, 9.17) is 11.6 Å². The maximum Gasteiger partial charge on any atom is 0.224 e. The van der Waals surface area contributed by atoms with Crippen molar-refractivity contribution in [3.8, 4) is 0 Å². The molecule has 2 aromatic rings. The van der Waals surface area contributed by atoms with Gasteiger partial charge in [0.1, 0.15) is 5.82 Å². The van der Waals surface area contributed by atoms with Crippen molar-refractivity contribution in [3.05, 3.63) is 64.4 Å². The molecule has 0 spiro atoms. The van der Waals surface area contributed by atoms with Crippen LogP contribution in [-0.2, 0) is 11.2 Å². The predicted molar refractivity (Wildman–Crippen MR) is 79.5 cm³/mol. The molecule has 0 bridgehead atoms. The summed E-state index contributed by atoms with van der Waals surface area (Å²) in [5.41, 5.74) is 2.15. The maximum atomic E-state index is 13.4. The first-order valence-corrected chi connectivity index (χ1v) is 6.73. The molecule has 0 saturated carbocycles. The number of anilines is 1. The van der Waals surface area contributed by atoms with E-state index < -0.39 is 0 Å². The molecule has 0 aromatic heterocycles. The van der Waals surface area contributed by atoms with Crippen LogP contribution in [-0.4, -0.2) is 5.91 Å². The Morgan fingerprint density at radius 1 is 1.25 bits per heavy atom. The average Bonchev–Trinajstić information content (AvgIpc) is 2.42. The summed E-state index contributed by atoms with van der Waals surface area (Å²) < 4.78 is 13.4. The number of halogens is 2. The van der Waals surface area contributed by atoms with Crippen LogP contribution in [0.5, 0.6) is 0 Å². The van der Waals surface area contributed by atoms with Gasteiger partial charge < -0.3 is 5.32 Å². The number of aryl methyl sites for hydroxylation is 2. The van der Waals surface area contributed by atoms with Crippen molar-refractivity contribution in [2.24, 2.45) is 0 Å². The fourth-order valence-electron chi connectivity index (χ4n) is 1.84. The Morgan fingerprint density at radius 2 is 2.00 bits per heavy atom. The number of carbonyl (C=O) groups is 1. The van der Waals surface area contributed by atoms with Gasteiger partial charge >= 0.3 is 0 Å². The van der Waals surface area contributed by atoms with E-state index in [1.807, 2.05) is 13.0 Å². The highest BCUT2D eigenvalue weighted by molar-refractivity contribution is 6.31. The molecular weight excluding hydrogens is 277 g/mol. The number of carbonyl (C=O) groups excluding carboxylic acids is 1. The SMILES string of the molecule is Cc1ccc(NC(=O)CCc2ccccc2F)cc1Cl. The minimum absolute atomic E-state index is 0.159. The third-order valence-electron chi connectivity index (χ3n) is 3.03. The molecule has 20 heavy (non-hydrogen) atoms. The molecule has 0 unspecified atom stereocenters. The van der Waals surface area contributed by atoms with Crippen molar-refractivity contribution in [3.63, 3.8) is 0 Å². The van der Waals surface area contributed by atoms with Crippen molar-refractivity contribution >= 4 is 23.2 Å². The molecule has 2 rings (SSSR count). The highest BCUT2D eigenvalue weighted by Crippen LogP contribution is 2.20. The smallest absolute Gasteiger partial charge is 0.224 e. The zero-order valence-electron chi connectivity index (χ0n) is 11.1. The van der Waals surface area contributed by atoms with Crippen LogP contribution < -0.4 is 5.32 Å². The molecule has 0 heterocycles. The molecule has 0 fully saturated rings. The molecule has 1 N–H and O–H groups in total. The van der Waals surface area contributed by atoms with Crippen molar-refractivity contribution in [2.45, 2.75) is 19.8 Å². The molecule has 0 aliphatic carbocycles. The van der Waals surface area contributed by atoms with Gasteiger partial charge in [0.2, 0.25) is 5.91 Å². The Balaban J connectivity index is 1.93. The van der Waals surface area contributed by atoms with Gasteiger partial charge in [-0.3, -0.25) is 4.79 Å². The van der Waals surface area contributed by atoms with Crippen LogP contribution in [0.4, 0.5) is 10.1 Å². The van der Waals surface area contributed by atoms with Gasteiger partial charge in [-0.2, -0.15) is 0 Å². The van der Waals surface area contributed by atoms with Gasteiger partial charge in [-0.25, -0.2) is 4.39 Å². The van der Waals surface area contributed by atoms with E-state index in [1.54, 1.807) is 30.3 Å². The van der Waals surface area contributed by atoms with E-state index in [1.165, 1.54) is 6.07 Å². The molecule has 2 aromatic carbocycles. The molecule has 0 radical (unpaired) electrons. The summed E-state index contributed by atoms with van der Waals surface area (Å²) in [5.74, 6) is -0.438. The Morgan fingerprint density at radius 3 is 2.70 bits per heavy atom. The maximum absolute atomic E-state index is 13.4. The highest BCUT2D eigenvalue weighted by atomic mass is 35.5. The van der Waals surface area contributed by atoms with Gasteiger partial charge in [0.15, 0.2) is 0 Å². The van der Waals surface area contributed by atoms with E-state index in [0.717, 1.165) is 5.56 Å². The van der Waals surface area contributed by atoms with Crippen molar-refractivity contribution in [1.29, 1.82) is 0 Å². The number of nitrogens with one attached hydrogen (secondary N) is 1. The first kappa shape index (κ1) is 14.5. The molecule has 1 amide bonds. The first-order valence-electron chi connectivity index (χ1n) is 6.35. The van der Waals surface area contributed by atoms with E-state index >= 15 is 0 Å². The standard InChI is InChI=1S/C16H15ClFNO/c1-11-6-8-13(10-14(11)17)19-16(20)9-7-12-4-2-3-5-15(12)18/h2-6,8,10H,7,9H2,1H3,(H,19,20). The largest absolute Gasteiger partial charge is 0.326 e. The van der Waals surface area contributed by atoms with Gasteiger partial charge in [0.25, 0.3) is 0 Å². The summed E-state index contributed by atoms with van der Waals surface area (Å²) in [6.45, 7) is 1.89. The fourth-order valence-corrected chi connectivity index (χ4v) is 2.02. The van der Waals surface area contributed by atoms with Gasteiger partial charge in [0, 0.05) is 17.1 Å². The second-order valence-corrected chi connectivity index (χ2v) is 5.01. The van der Waals surface area contributed by atoms with E-state index in [9.17, 15) is 9.18 Å². The van der Waals surface area contributed by atoms with E-state index in [-0.39, 0.29) is 18.1 Å². The van der Waals surface area contributed by atoms with Gasteiger partial charge in [-0.05, 0) is 42.7 Å². The van der Waals surface area contributed by atoms with Crippen LogP contribution >= 0.6 is 11.6 Å². The number of hydrogen-bond donors (Lipinski definition) is 1. The fraction of sp³-hybridized carbons (Fsp3) is 0.188. The van der Waals surface area contributed by atoms with E-state index in [2.05, 4.69) is 5.32 Å². The summed E-state index contributed by atoms with van der Waals surface area (Å²) in [6.07, 6.45) is 0.602. The highest BCUT2D eigenvalue weighted by Gasteiger charge is 2.07. The van der Waals surface area contributed by atoms with Crippen molar-refractivity contribution in [1.82, 2.24) is 0 Å². The van der Waals surface area contributed by atoms with Gasteiger partial charge in [0.05, 0.1) is 0 Å². The lowest BCUT2D eigenvalue weighted by Crippen LogP contribution is -2.12.